The zero-order valence-electron chi connectivity index (χ0n) is 28.4. The van der Waals surface area contributed by atoms with Crippen LogP contribution in [0.2, 0.25) is 20.1 Å². The zero-order chi connectivity index (χ0) is 35.8. The van der Waals surface area contributed by atoms with E-state index >= 15 is 0 Å². The topological polar surface area (TPSA) is 32.8 Å². The van der Waals surface area contributed by atoms with Crippen LogP contribution in [0.5, 0.6) is 0 Å². The van der Waals surface area contributed by atoms with E-state index in [9.17, 15) is 4.79 Å². The van der Waals surface area contributed by atoms with E-state index in [4.69, 9.17) is 51.1 Å². The highest BCUT2D eigenvalue weighted by Crippen LogP contribution is 2.53. The lowest BCUT2D eigenvalue weighted by atomic mass is 9.83. The van der Waals surface area contributed by atoms with Crippen molar-refractivity contribution in [2.24, 2.45) is 0 Å². The smallest absolute Gasteiger partial charge is 0.341 e. The van der Waals surface area contributed by atoms with Crippen molar-refractivity contribution < 1.29 is 9.53 Å². The largest absolute Gasteiger partial charge is 0.442 e. The van der Waals surface area contributed by atoms with Gasteiger partial charge in [0.1, 0.15) is 0 Å². The maximum Gasteiger partial charge on any atom is 0.341 e. The van der Waals surface area contributed by atoms with Crippen LogP contribution in [0.1, 0.15) is 63.9 Å². The Hall–Kier alpha value is -4.19. The normalized spacial score (nSPS) is 17.1. The molecule has 2 saturated heterocycles. The van der Waals surface area contributed by atoms with E-state index in [1.807, 2.05) is 72.8 Å². The quantitative estimate of drug-likeness (QED) is 0.0895. The Morgan fingerprint density at radius 1 is 0.519 bits per heavy atom. The second kappa shape index (κ2) is 14.7. The van der Waals surface area contributed by atoms with Gasteiger partial charge in [-0.3, -0.25) is 0 Å². The molecule has 0 aromatic heterocycles. The summed E-state index contributed by atoms with van der Waals surface area (Å²) in [5.74, 6) is -0.637. The van der Waals surface area contributed by atoms with Gasteiger partial charge in [0.05, 0.1) is 25.7 Å². The monoisotopic (exact) mass is 764 g/mol. The number of hydrogen-bond acceptors (Lipinski definition) is 4. The third-order valence-corrected chi connectivity index (χ3v) is 12.1. The molecule has 0 spiro atoms. The van der Waals surface area contributed by atoms with E-state index in [0.717, 1.165) is 59.6 Å². The molecule has 4 nitrogen and oxygen atoms in total. The molecule has 2 fully saturated rings. The highest BCUT2D eigenvalue weighted by atomic mass is 35.5. The van der Waals surface area contributed by atoms with E-state index < -0.39 is 11.6 Å². The number of ether oxygens (including phenoxy) is 1. The second-order valence-corrected chi connectivity index (χ2v) is 15.0. The molecular weight excluding hydrogens is 730 g/mol. The van der Waals surface area contributed by atoms with Crippen LogP contribution in [0.15, 0.2) is 121 Å². The molecule has 52 heavy (non-hydrogen) atoms. The van der Waals surface area contributed by atoms with Crippen molar-refractivity contribution in [2.75, 3.05) is 36.0 Å². The van der Waals surface area contributed by atoms with Gasteiger partial charge < -0.3 is 14.5 Å². The molecule has 262 valence electrons. The van der Waals surface area contributed by atoms with Crippen LogP contribution in [0, 0.1) is 0 Å². The number of esters is 1. The van der Waals surface area contributed by atoms with Crippen LogP contribution < -0.4 is 9.80 Å². The molecule has 0 radical (unpaired) electrons. The van der Waals surface area contributed by atoms with E-state index in [1.165, 1.54) is 37.1 Å². The summed E-state index contributed by atoms with van der Waals surface area (Å²) in [4.78, 5) is 18.9. The van der Waals surface area contributed by atoms with E-state index in [0.29, 0.717) is 5.56 Å². The number of fused-ring (bicyclic) bond motifs is 1. The fraction of sp³-hybridized carbons (Fsp3) is 0.205. The van der Waals surface area contributed by atoms with E-state index in [2.05, 4.69) is 58.3 Å². The highest BCUT2D eigenvalue weighted by molar-refractivity contribution is 6.53. The van der Waals surface area contributed by atoms with Gasteiger partial charge in [0.25, 0.3) is 0 Å². The summed E-state index contributed by atoms with van der Waals surface area (Å²) >= 11 is 27.3. The summed E-state index contributed by atoms with van der Waals surface area (Å²) in [6.45, 7) is 4.19. The lowest BCUT2D eigenvalue weighted by Gasteiger charge is -2.27. The molecule has 0 aliphatic carbocycles. The van der Waals surface area contributed by atoms with Gasteiger partial charge in [0, 0.05) is 43.1 Å². The molecule has 3 aliphatic rings. The summed E-state index contributed by atoms with van der Waals surface area (Å²) in [5, 5.41) is 0.184. The summed E-state index contributed by atoms with van der Waals surface area (Å²) in [6.07, 6.45) is 8.72. The molecule has 5 aromatic carbocycles. The molecule has 0 unspecified atom stereocenters. The molecule has 3 heterocycles. The van der Waals surface area contributed by atoms with Crippen LogP contribution in [0.4, 0.5) is 11.4 Å². The molecule has 8 heteroatoms. The van der Waals surface area contributed by atoms with Gasteiger partial charge in [0.15, 0.2) is 5.60 Å². The van der Waals surface area contributed by atoms with Crippen LogP contribution in [0.25, 0.3) is 11.1 Å². The van der Waals surface area contributed by atoms with Crippen LogP contribution in [-0.2, 0) is 10.3 Å². The molecule has 8 rings (SSSR count). The summed E-state index contributed by atoms with van der Waals surface area (Å²) in [6, 6.07) is 37.3. The molecule has 3 aliphatic heterocycles. The number of cyclic esters (lactones) is 1. The molecule has 0 saturated carbocycles. The van der Waals surface area contributed by atoms with Crippen molar-refractivity contribution in [3.8, 4) is 0 Å². The minimum Gasteiger partial charge on any atom is -0.442 e. The van der Waals surface area contributed by atoms with Crippen LogP contribution in [0.3, 0.4) is 0 Å². The number of nitrogens with zero attached hydrogens (tertiary/aromatic N) is 2. The molecular formula is C44H36Cl4N2O2. The Morgan fingerprint density at radius 2 is 0.904 bits per heavy atom. The van der Waals surface area contributed by atoms with Crippen molar-refractivity contribution in [3.63, 3.8) is 0 Å². The van der Waals surface area contributed by atoms with Gasteiger partial charge in [-0.25, -0.2) is 4.79 Å². The van der Waals surface area contributed by atoms with E-state index in [1.54, 1.807) is 0 Å². The molecule has 0 N–H and O–H groups in total. The van der Waals surface area contributed by atoms with Crippen molar-refractivity contribution in [2.45, 2.75) is 31.3 Å². The predicted molar refractivity (Wildman–Crippen MR) is 216 cm³/mol. The maximum atomic E-state index is 14.1. The number of halogens is 4. The number of hydrogen-bond donors (Lipinski definition) is 0. The highest BCUT2D eigenvalue weighted by Gasteiger charge is 2.48. The Kier molecular flexibility index (Phi) is 9.84. The first kappa shape index (κ1) is 34.9. The standard InChI is InChI=1S/C44H36Cl4N2O2/c45-39-37-38(40(46)42(48)41(39)47)44(52-43(37)51,27-35(29-11-3-1-4-12-29)31-15-19-33(20-16-31)49-23-7-8-24-49)28-36(30-13-5-2-6-14-30)32-17-21-34(22-18-32)50-25-9-10-26-50/h1-6,11-22,27-28H,7-10,23-26H2/b35-27+,36-28+. The summed E-state index contributed by atoms with van der Waals surface area (Å²) in [5.41, 5.74) is 6.74. The van der Waals surface area contributed by atoms with Gasteiger partial charge in [-0.05, 0) is 95.5 Å². The van der Waals surface area contributed by atoms with Crippen molar-refractivity contribution in [1.82, 2.24) is 0 Å². The lowest BCUT2D eigenvalue weighted by Crippen LogP contribution is -2.23. The summed E-state index contributed by atoms with van der Waals surface area (Å²) < 4.78 is 6.55. The minimum absolute atomic E-state index is 0.00666. The fourth-order valence-electron chi connectivity index (χ4n) is 7.68. The first-order chi connectivity index (χ1) is 25.3. The molecule has 5 aromatic rings. The van der Waals surface area contributed by atoms with Crippen LogP contribution in [-0.4, -0.2) is 32.1 Å². The molecule has 0 amide bonds. The first-order valence-electron chi connectivity index (χ1n) is 17.7. The average molecular weight is 767 g/mol. The minimum atomic E-state index is -1.54. The predicted octanol–water partition coefficient (Wildman–Crippen LogP) is 12.1. The number of rotatable bonds is 8. The van der Waals surface area contributed by atoms with Gasteiger partial charge in [-0.15, -0.1) is 0 Å². The van der Waals surface area contributed by atoms with Crippen molar-refractivity contribution in [1.29, 1.82) is 0 Å². The van der Waals surface area contributed by atoms with Gasteiger partial charge >= 0.3 is 5.97 Å². The van der Waals surface area contributed by atoms with Gasteiger partial charge in [-0.2, -0.15) is 0 Å². The number of benzene rings is 5. The SMILES string of the molecule is O=C1OC(/C=C(\c2ccccc2)c2ccc(N3CCCC3)cc2)(/C=C(\c2ccccc2)c2ccc(N3CCCC3)cc2)c2c(Cl)c(Cl)c(Cl)c(Cl)c21. The average Bonchev–Trinajstić information content (AvgIpc) is 3.98. The van der Waals surface area contributed by atoms with Gasteiger partial charge in [0.2, 0.25) is 0 Å². The lowest BCUT2D eigenvalue weighted by molar-refractivity contribution is 0.0300. The Balaban J connectivity index is 1.39. The Bertz CT molecular complexity index is 2060. The van der Waals surface area contributed by atoms with Crippen molar-refractivity contribution >= 4 is 74.9 Å². The maximum absolute atomic E-state index is 14.1. The third kappa shape index (κ3) is 6.52. The number of carbonyl (C=O) groups is 1. The number of anilines is 2. The van der Waals surface area contributed by atoms with Gasteiger partial charge in [-0.1, -0.05) is 131 Å². The fourth-order valence-corrected chi connectivity index (χ4v) is 8.75. The Labute approximate surface area is 324 Å². The second-order valence-electron chi connectivity index (χ2n) is 13.5. The Morgan fingerprint density at radius 3 is 1.33 bits per heavy atom. The van der Waals surface area contributed by atoms with Crippen LogP contribution >= 0.6 is 46.4 Å². The van der Waals surface area contributed by atoms with Crippen molar-refractivity contribution in [3.05, 3.63) is 175 Å². The third-order valence-electron chi connectivity index (χ3n) is 10.3. The zero-order valence-corrected chi connectivity index (χ0v) is 31.5. The molecule has 0 bridgehead atoms. The molecule has 0 atom stereocenters. The van der Waals surface area contributed by atoms with E-state index in [-0.39, 0.29) is 25.7 Å². The summed E-state index contributed by atoms with van der Waals surface area (Å²) in [7, 11) is 0. The first-order valence-corrected chi connectivity index (χ1v) is 19.2. The number of carbonyl (C=O) groups excluding carboxylic acids is 1.